The summed E-state index contributed by atoms with van der Waals surface area (Å²) in [6.45, 7) is 15.0. The van der Waals surface area contributed by atoms with Crippen molar-refractivity contribution in [3.8, 4) is 0 Å². The van der Waals surface area contributed by atoms with Crippen LogP contribution in [0.2, 0.25) is 0 Å². The molecule has 3 aliphatic heterocycles. The number of aliphatic hydroxyl groups is 6. The van der Waals surface area contributed by atoms with Crippen molar-refractivity contribution in [3.05, 3.63) is 11.6 Å². The molecule has 0 aromatic carbocycles. The SMILES string of the molecule is CC(C)C[C@H](O)C[C@]1(C)OC(=O)[C@]23CC[C@H]4C(=CC[C@H]5C(C)(C)[C@@H](O[C@@H]6OC[C@@H](O)[C@H](O)[C@H]6O[C@@H]6OC[C@@H](O)[C@H](O)[C@H]6O)CC[C@]45C)[C@]2(C)CC[C@@H]31. The number of carbonyl (C=O) groups excluding carboxylic acids is 1. The summed E-state index contributed by atoms with van der Waals surface area (Å²) in [6.07, 6.45) is -1.89. The average molecular weight is 737 g/mol. The van der Waals surface area contributed by atoms with E-state index >= 15 is 0 Å². The molecule has 6 N–H and O–H groups in total. The third-order valence-electron chi connectivity index (χ3n) is 15.5. The Kier molecular flexibility index (Phi) is 10.1. The van der Waals surface area contributed by atoms with Crippen LogP contribution in [0.5, 0.6) is 0 Å². The summed E-state index contributed by atoms with van der Waals surface area (Å²) in [5.41, 5.74) is -0.537. The van der Waals surface area contributed by atoms with Gasteiger partial charge in [-0.1, -0.05) is 53.2 Å². The summed E-state index contributed by atoms with van der Waals surface area (Å²) in [7, 11) is 0. The van der Waals surface area contributed by atoms with Gasteiger partial charge in [-0.15, -0.1) is 0 Å². The lowest BCUT2D eigenvalue weighted by Gasteiger charge is -2.64. The zero-order valence-corrected chi connectivity index (χ0v) is 32.1. The predicted molar refractivity (Wildman–Crippen MR) is 187 cm³/mol. The molecule has 52 heavy (non-hydrogen) atoms. The van der Waals surface area contributed by atoms with Crippen molar-refractivity contribution < 1.29 is 59.1 Å². The van der Waals surface area contributed by atoms with Crippen molar-refractivity contribution in [2.45, 2.75) is 173 Å². The molecule has 17 atom stereocenters. The molecule has 0 unspecified atom stereocenters. The molecular weight excluding hydrogens is 672 g/mol. The van der Waals surface area contributed by atoms with Crippen molar-refractivity contribution >= 4 is 5.97 Å². The molecule has 0 bridgehead atoms. The number of ether oxygens (including phenoxy) is 5. The molecule has 12 nitrogen and oxygen atoms in total. The standard InChI is InChI=1S/C40H64O12/c1-20(2)16-21(41)17-39(7)27-11-14-38(6)23-8-9-26-36(3,4)28(12-13-37(26,5)22(23)10-15-40(27,38)35(47)52-39)50-34-32(30(45)25(43)19-49-34)51-33-31(46)29(44)24(42)18-48-33/h8,20-22,24-34,41-46H,9-19H2,1-7H3/t21-,22-,24+,25+,26-,27+,28-,29-,30-,31+,32+,33-,34-,37+,38-,39-,40+/m0/s1. The van der Waals surface area contributed by atoms with E-state index in [0.29, 0.717) is 24.7 Å². The summed E-state index contributed by atoms with van der Waals surface area (Å²) in [5, 5.41) is 63.1. The summed E-state index contributed by atoms with van der Waals surface area (Å²) in [5.74, 6) is 0.903. The fourth-order valence-corrected chi connectivity index (χ4v) is 12.8. The Balaban J connectivity index is 1.11. The Labute approximate surface area is 308 Å². The number of esters is 1. The second-order valence-electron chi connectivity index (χ2n) is 19.2. The summed E-state index contributed by atoms with van der Waals surface area (Å²) < 4.78 is 30.4. The molecular formula is C40H64O12. The highest BCUT2D eigenvalue weighted by atomic mass is 16.7. The molecule has 3 heterocycles. The van der Waals surface area contributed by atoms with Crippen molar-refractivity contribution in [1.29, 1.82) is 0 Å². The zero-order valence-electron chi connectivity index (χ0n) is 32.1. The molecule has 0 radical (unpaired) electrons. The normalized spacial score (nSPS) is 51.9. The number of aliphatic hydroxyl groups excluding tert-OH is 6. The highest BCUT2D eigenvalue weighted by Crippen LogP contribution is 2.76. The number of allylic oxidation sites excluding steroid dienone is 2. The van der Waals surface area contributed by atoms with Crippen LogP contribution in [0.4, 0.5) is 0 Å². The van der Waals surface area contributed by atoms with Gasteiger partial charge in [0, 0.05) is 17.8 Å². The van der Waals surface area contributed by atoms with Crippen LogP contribution in [0.15, 0.2) is 11.6 Å². The van der Waals surface area contributed by atoms with E-state index in [4.69, 9.17) is 23.7 Å². The second kappa shape index (κ2) is 13.5. The van der Waals surface area contributed by atoms with Gasteiger partial charge in [0.1, 0.15) is 42.2 Å². The lowest BCUT2D eigenvalue weighted by molar-refractivity contribution is -0.355. The first-order chi connectivity index (χ1) is 24.3. The van der Waals surface area contributed by atoms with Gasteiger partial charge in [-0.25, -0.2) is 0 Å². The number of cyclic esters (lactones) is 1. The molecule has 12 heteroatoms. The van der Waals surface area contributed by atoms with Crippen LogP contribution in [-0.2, 0) is 28.5 Å². The Morgan fingerprint density at radius 2 is 1.50 bits per heavy atom. The van der Waals surface area contributed by atoms with Gasteiger partial charge in [-0.05, 0) is 86.9 Å². The molecule has 6 fully saturated rings. The minimum absolute atomic E-state index is 0.0501. The number of rotatable bonds is 8. The lowest BCUT2D eigenvalue weighted by atomic mass is 9.41. The fraction of sp³-hybridized carbons (Fsp3) is 0.925. The smallest absolute Gasteiger partial charge is 0.313 e. The lowest BCUT2D eigenvalue weighted by Crippen LogP contribution is -2.63. The van der Waals surface area contributed by atoms with Gasteiger partial charge in [0.25, 0.3) is 0 Å². The van der Waals surface area contributed by atoms with Crippen LogP contribution >= 0.6 is 0 Å². The van der Waals surface area contributed by atoms with Crippen LogP contribution in [-0.4, -0.2) is 117 Å². The Bertz CT molecular complexity index is 1390. The van der Waals surface area contributed by atoms with Gasteiger partial charge in [-0.2, -0.15) is 0 Å². The Hall–Kier alpha value is -1.19. The van der Waals surface area contributed by atoms with Gasteiger partial charge < -0.3 is 54.3 Å². The van der Waals surface area contributed by atoms with Crippen LogP contribution in [0.25, 0.3) is 0 Å². The van der Waals surface area contributed by atoms with Crippen molar-refractivity contribution in [2.24, 2.45) is 45.3 Å². The van der Waals surface area contributed by atoms with Crippen LogP contribution in [0.3, 0.4) is 0 Å². The molecule has 7 aliphatic rings. The minimum atomic E-state index is -1.58. The van der Waals surface area contributed by atoms with E-state index < -0.39 is 66.3 Å². The van der Waals surface area contributed by atoms with E-state index in [1.54, 1.807) is 0 Å². The molecule has 0 amide bonds. The molecule has 0 aromatic rings. The number of hydrogen-bond acceptors (Lipinski definition) is 12. The second-order valence-corrected chi connectivity index (χ2v) is 19.2. The molecule has 3 saturated carbocycles. The molecule has 1 spiro atoms. The first kappa shape index (κ1) is 39.1. The monoisotopic (exact) mass is 736 g/mol. The van der Waals surface area contributed by atoms with E-state index in [0.717, 1.165) is 44.9 Å². The van der Waals surface area contributed by atoms with E-state index in [1.165, 1.54) is 5.57 Å². The maximum atomic E-state index is 14.2. The minimum Gasteiger partial charge on any atom is -0.458 e. The maximum Gasteiger partial charge on any atom is 0.313 e. The highest BCUT2D eigenvalue weighted by Gasteiger charge is 2.76. The first-order valence-electron chi connectivity index (χ1n) is 19.9. The molecule has 7 rings (SSSR count). The summed E-state index contributed by atoms with van der Waals surface area (Å²) in [4.78, 5) is 14.2. The largest absolute Gasteiger partial charge is 0.458 e. The third kappa shape index (κ3) is 5.79. The van der Waals surface area contributed by atoms with E-state index in [1.807, 2.05) is 0 Å². The fourth-order valence-electron chi connectivity index (χ4n) is 12.8. The van der Waals surface area contributed by atoms with Crippen molar-refractivity contribution in [1.82, 2.24) is 0 Å². The number of hydrogen-bond donors (Lipinski definition) is 6. The molecule has 296 valence electrons. The highest BCUT2D eigenvalue weighted by molar-refractivity contribution is 5.83. The molecule has 4 aliphatic carbocycles. The Morgan fingerprint density at radius 1 is 0.827 bits per heavy atom. The van der Waals surface area contributed by atoms with Crippen molar-refractivity contribution in [2.75, 3.05) is 13.2 Å². The summed E-state index contributed by atoms with van der Waals surface area (Å²) in [6, 6.07) is 0. The van der Waals surface area contributed by atoms with Gasteiger partial charge in [-0.3, -0.25) is 4.79 Å². The quantitative estimate of drug-likeness (QED) is 0.159. The van der Waals surface area contributed by atoms with E-state index in [-0.39, 0.29) is 53.4 Å². The van der Waals surface area contributed by atoms with Gasteiger partial charge >= 0.3 is 5.97 Å². The van der Waals surface area contributed by atoms with E-state index in [2.05, 4.69) is 54.5 Å². The van der Waals surface area contributed by atoms with Gasteiger partial charge in [0.15, 0.2) is 12.6 Å². The molecule has 0 aromatic heterocycles. The van der Waals surface area contributed by atoms with Gasteiger partial charge in [0.05, 0.1) is 30.8 Å². The third-order valence-corrected chi connectivity index (χ3v) is 15.5. The summed E-state index contributed by atoms with van der Waals surface area (Å²) >= 11 is 0. The Morgan fingerprint density at radius 3 is 2.19 bits per heavy atom. The van der Waals surface area contributed by atoms with Crippen molar-refractivity contribution in [3.63, 3.8) is 0 Å². The topological polar surface area (TPSA) is 185 Å². The van der Waals surface area contributed by atoms with Gasteiger partial charge in [0.2, 0.25) is 0 Å². The number of carbonyl (C=O) groups is 1. The average Bonchev–Trinajstić information content (AvgIpc) is 3.50. The van der Waals surface area contributed by atoms with Crippen LogP contribution in [0, 0.1) is 45.3 Å². The number of fused-ring (bicyclic) bond motifs is 4. The van der Waals surface area contributed by atoms with Crippen LogP contribution < -0.4 is 0 Å². The molecule has 3 saturated heterocycles. The first-order valence-corrected chi connectivity index (χ1v) is 19.9. The van der Waals surface area contributed by atoms with E-state index in [9.17, 15) is 35.4 Å². The van der Waals surface area contributed by atoms with Crippen LogP contribution in [0.1, 0.15) is 106 Å². The predicted octanol–water partition coefficient (Wildman–Crippen LogP) is 2.97. The zero-order chi connectivity index (χ0) is 37.8. The maximum absolute atomic E-state index is 14.2.